The Kier molecular flexibility index (Phi) is 7.59. The topological polar surface area (TPSA) is 47.6 Å². The number of carbonyl (C=O) groups is 1. The fourth-order valence-electron chi connectivity index (χ4n) is 2.69. The first-order chi connectivity index (χ1) is 11.2. The van der Waals surface area contributed by atoms with Crippen LogP contribution < -0.4 is 14.8 Å². The average molecular weight is 337 g/mol. The van der Waals surface area contributed by atoms with E-state index < -0.39 is 6.10 Å². The lowest BCUT2D eigenvalue weighted by molar-refractivity contribution is -0.127. The minimum atomic E-state index is -0.497. The summed E-state index contributed by atoms with van der Waals surface area (Å²) in [7, 11) is 1.62. The maximum absolute atomic E-state index is 12.1. The molecule has 0 bridgehead atoms. The van der Waals surface area contributed by atoms with Crippen LogP contribution >= 0.6 is 11.8 Å². The summed E-state index contributed by atoms with van der Waals surface area (Å²) in [6.07, 6.45) is 6.26. The van der Waals surface area contributed by atoms with Crippen molar-refractivity contribution in [2.75, 3.05) is 19.4 Å². The van der Waals surface area contributed by atoms with Crippen LogP contribution in [-0.2, 0) is 4.79 Å². The zero-order valence-electron chi connectivity index (χ0n) is 14.0. The van der Waals surface area contributed by atoms with Gasteiger partial charge in [0.15, 0.2) is 6.10 Å². The van der Waals surface area contributed by atoms with E-state index in [9.17, 15) is 4.79 Å². The van der Waals surface area contributed by atoms with Gasteiger partial charge in [0.25, 0.3) is 5.91 Å². The van der Waals surface area contributed by atoms with E-state index in [1.807, 2.05) is 36.0 Å². The number of carbonyl (C=O) groups excluding carboxylic acids is 1. The number of methoxy groups -OCH3 is 1. The summed E-state index contributed by atoms with van der Waals surface area (Å²) >= 11 is 1.99. The highest BCUT2D eigenvalue weighted by atomic mass is 32.2. The van der Waals surface area contributed by atoms with Gasteiger partial charge in [0, 0.05) is 17.5 Å². The summed E-state index contributed by atoms with van der Waals surface area (Å²) in [6.45, 7) is 2.48. The minimum absolute atomic E-state index is 0.0648. The first kappa shape index (κ1) is 18.0. The molecule has 1 fully saturated rings. The fraction of sp³-hybridized carbons (Fsp3) is 0.611. The van der Waals surface area contributed by atoms with E-state index >= 15 is 0 Å². The molecule has 4 nitrogen and oxygen atoms in total. The maximum Gasteiger partial charge on any atom is 0.260 e. The number of hydrogen-bond acceptors (Lipinski definition) is 4. The molecule has 1 amide bonds. The van der Waals surface area contributed by atoms with Crippen LogP contribution in [0.1, 0.15) is 39.0 Å². The van der Waals surface area contributed by atoms with Crippen molar-refractivity contribution in [2.24, 2.45) is 0 Å². The van der Waals surface area contributed by atoms with Crippen LogP contribution in [0.4, 0.5) is 0 Å². The van der Waals surface area contributed by atoms with Crippen molar-refractivity contribution in [3.05, 3.63) is 24.3 Å². The second kappa shape index (κ2) is 9.71. The van der Waals surface area contributed by atoms with Crippen molar-refractivity contribution >= 4 is 17.7 Å². The van der Waals surface area contributed by atoms with Gasteiger partial charge in [-0.05, 0) is 44.0 Å². The van der Waals surface area contributed by atoms with Crippen molar-refractivity contribution in [3.63, 3.8) is 0 Å². The number of amides is 1. The van der Waals surface area contributed by atoms with Gasteiger partial charge in [-0.25, -0.2) is 0 Å². The van der Waals surface area contributed by atoms with Crippen molar-refractivity contribution in [1.82, 2.24) is 5.32 Å². The van der Waals surface area contributed by atoms with E-state index in [-0.39, 0.29) is 5.91 Å². The Morgan fingerprint density at radius 2 is 1.87 bits per heavy atom. The third-order valence-electron chi connectivity index (χ3n) is 4.05. The number of rotatable bonds is 8. The van der Waals surface area contributed by atoms with E-state index in [4.69, 9.17) is 9.47 Å². The van der Waals surface area contributed by atoms with Crippen molar-refractivity contribution in [2.45, 2.75) is 50.4 Å². The van der Waals surface area contributed by atoms with Gasteiger partial charge in [0.05, 0.1) is 7.11 Å². The summed E-state index contributed by atoms with van der Waals surface area (Å²) in [5, 5.41) is 3.74. The molecule has 0 saturated heterocycles. The standard InChI is InChI=1S/C18H27NO3S/c1-14(22-16-10-8-15(21-2)9-11-16)18(20)19-12-13-23-17-6-4-3-5-7-17/h8-11,14,17H,3-7,12-13H2,1-2H3,(H,19,20). The zero-order chi connectivity index (χ0) is 16.5. The monoisotopic (exact) mass is 337 g/mol. The van der Waals surface area contributed by atoms with Gasteiger partial charge < -0.3 is 14.8 Å². The Labute approximate surface area is 143 Å². The Morgan fingerprint density at radius 3 is 2.52 bits per heavy atom. The Balaban J connectivity index is 1.63. The lowest BCUT2D eigenvalue weighted by Gasteiger charge is -2.21. The van der Waals surface area contributed by atoms with Crippen LogP contribution in [0.15, 0.2) is 24.3 Å². The minimum Gasteiger partial charge on any atom is -0.497 e. The molecule has 0 aliphatic heterocycles. The summed E-state index contributed by atoms with van der Waals surface area (Å²) in [6, 6.07) is 7.25. The lowest BCUT2D eigenvalue weighted by atomic mass is 10.0. The summed E-state index contributed by atoms with van der Waals surface area (Å²) in [5.41, 5.74) is 0. The molecule has 1 saturated carbocycles. The molecule has 1 aromatic rings. The quantitative estimate of drug-likeness (QED) is 0.736. The average Bonchev–Trinajstić information content (AvgIpc) is 2.60. The Hall–Kier alpha value is -1.36. The van der Waals surface area contributed by atoms with Crippen LogP contribution in [0, 0.1) is 0 Å². The lowest BCUT2D eigenvalue weighted by Crippen LogP contribution is -2.37. The molecule has 1 aliphatic carbocycles. The van der Waals surface area contributed by atoms with Crippen molar-refractivity contribution in [3.8, 4) is 11.5 Å². The molecule has 1 aliphatic rings. The van der Waals surface area contributed by atoms with Crippen LogP contribution in [0.3, 0.4) is 0 Å². The molecule has 5 heteroatoms. The third-order valence-corrected chi connectivity index (χ3v) is 5.43. The highest BCUT2D eigenvalue weighted by Crippen LogP contribution is 2.27. The molecule has 0 heterocycles. The summed E-state index contributed by atoms with van der Waals surface area (Å²) in [4.78, 5) is 12.1. The van der Waals surface area contributed by atoms with Crippen LogP contribution in [-0.4, -0.2) is 36.7 Å². The van der Waals surface area contributed by atoms with E-state index in [2.05, 4.69) is 5.32 Å². The zero-order valence-corrected chi connectivity index (χ0v) is 14.9. The van der Waals surface area contributed by atoms with E-state index in [1.54, 1.807) is 14.0 Å². The highest BCUT2D eigenvalue weighted by molar-refractivity contribution is 7.99. The maximum atomic E-state index is 12.1. The van der Waals surface area contributed by atoms with Crippen LogP contribution in [0.25, 0.3) is 0 Å². The van der Waals surface area contributed by atoms with Gasteiger partial charge in [-0.15, -0.1) is 0 Å². The summed E-state index contributed by atoms with van der Waals surface area (Å²) < 4.78 is 10.7. The first-order valence-electron chi connectivity index (χ1n) is 8.39. The SMILES string of the molecule is COc1ccc(OC(C)C(=O)NCCSC2CCCCC2)cc1. The van der Waals surface area contributed by atoms with Crippen LogP contribution in [0.2, 0.25) is 0 Å². The fourth-order valence-corrected chi connectivity index (χ4v) is 3.91. The van der Waals surface area contributed by atoms with Gasteiger partial charge in [0.2, 0.25) is 0 Å². The smallest absolute Gasteiger partial charge is 0.260 e. The molecule has 0 spiro atoms. The number of benzene rings is 1. The Bertz CT molecular complexity index is 472. The van der Waals surface area contributed by atoms with Gasteiger partial charge in [0.1, 0.15) is 11.5 Å². The molecule has 23 heavy (non-hydrogen) atoms. The van der Waals surface area contributed by atoms with E-state index in [1.165, 1.54) is 32.1 Å². The molecular formula is C18H27NO3S. The first-order valence-corrected chi connectivity index (χ1v) is 9.44. The molecule has 1 unspecified atom stereocenters. The predicted molar refractivity (Wildman–Crippen MR) is 95.4 cm³/mol. The molecule has 128 valence electrons. The van der Waals surface area contributed by atoms with E-state index in [0.29, 0.717) is 12.3 Å². The second-order valence-corrected chi connectivity index (χ2v) is 7.27. The molecule has 1 atom stereocenters. The molecule has 0 aromatic heterocycles. The number of ether oxygens (including phenoxy) is 2. The van der Waals surface area contributed by atoms with Crippen molar-refractivity contribution in [1.29, 1.82) is 0 Å². The number of hydrogen-bond donors (Lipinski definition) is 1. The van der Waals surface area contributed by atoms with Crippen LogP contribution in [0.5, 0.6) is 11.5 Å². The third kappa shape index (κ3) is 6.34. The summed E-state index contributed by atoms with van der Waals surface area (Å²) in [5.74, 6) is 2.36. The Morgan fingerprint density at radius 1 is 1.22 bits per heavy atom. The molecule has 0 radical (unpaired) electrons. The highest BCUT2D eigenvalue weighted by Gasteiger charge is 2.16. The molecular weight excluding hydrogens is 310 g/mol. The van der Waals surface area contributed by atoms with Gasteiger partial charge >= 0.3 is 0 Å². The molecule has 1 aromatic carbocycles. The molecule has 2 rings (SSSR count). The van der Waals surface area contributed by atoms with Gasteiger partial charge in [-0.1, -0.05) is 19.3 Å². The second-order valence-electron chi connectivity index (χ2n) is 5.86. The normalized spacial score (nSPS) is 16.6. The molecule has 1 N–H and O–H groups in total. The number of thioether (sulfide) groups is 1. The van der Waals surface area contributed by atoms with Gasteiger partial charge in [-0.3, -0.25) is 4.79 Å². The number of nitrogens with one attached hydrogen (secondary N) is 1. The van der Waals surface area contributed by atoms with Gasteiger partial charge in [-0.2, -0.15) is 11.8 Å². The van der Waals surface area contributed by atoms with E-state index in [0.717, 1.165) is 16.8 Å². The largest absolute Gasteiger partial charge is 0.497 e. The predicted octanol–water partition coefficient (Wildman–Crippen LogP) is 3.64. The van der Waals surface area contributed by atoms with Crippen molar-refractivity contribution < 1.29 is 14.3 Å².